The van der Waals surface area contributed by atoms with Crippen molar-refractivity contribution in [3.8, 4) is 0 Å². The Morgan fingerprint density at radius 3 is 2.44 bits per heavy atom. The normalized spacial score (nSPS) is 19.9. The van der Waals surface area contributed by atoms with Gasteiger partial charge in [-0.25, -0.2) is 4.98 Å². The number of aromatic nitrogens is 1. The van der Waals surface area contributed by atoms with E-state index in [-0.39, 0.29) is 48.1 Å². The first-order chi connectivity index (χ1) is 10.9. The quantitative estimate of drug-likeness (QED) is 0.830. The van der Waals surface area contributed by atoms with Crippen molar-refractivity contribution >= 4 is 42.1 Å². The Labute approximate surface area is 165 Å². The van der Waals surface area contributed by atoms with Crippen LogP contribution in [-0.2, 0) is 5.41 Å². The Bertz CT molecular complexity index is 700. The van der Waals surface area contributed by atoms with E-state index in [1.54, 1.807) is 5.51 Å². The van der Waals surface area contributed by atoms with E-state index in [9.17, 15) is 4.79 Å². The molecule has 2 aromatic rings. The average molecular weight is 402 g/mol. The van der Waals surface area contributed by atoms with Gasteiger partial charge in [0.1, 0.15) is 4.88 Å². The third-order valence-corrected chi connectivity index (χ3v) is 5.17. The van der Waals surface area contributed by atoms with Crippen LogP contribution in [0.2, 0.25) is 0 Å². The highest BCUT2D eigenvalue weighted by Gasteiger charge is 2.36. The minimum atomic E-state index is -0.133. The highest BCUT2D eigenvalue weighted by atomic mass is 35.5. The second-order valence-electron chi connectivity index (χ2n) is 7.17. The fraction of sp³-hybridized carbons (Fsp3) is 0.444. The van der Waals surface area contributed by atoms with Crippen molar-refractivity contribution in [1.29, 1.82) is 0 Å². The molecule has 4 nitrogen and oxygen atoms in total. The highest BCUT2D eigenvalue weighted by Crippen LogP contribution is 2.31. The lowest BCUT2D eigenvalue weighted by Gasteiger charge is -2.20. The monoisotopic (exact) mass is 401 g/mol. The maximum atomic E-state index is 12.9. The van der Waals surface area contributed by atoms with Crippen molar-refractivity contribution in [1.82, 2.24) is 9.88 Å². The number of hydrogen-bond acceptors (Lipinski definition) is 4. The zero-order valence-electron chi connectivity index (χ0n) is 14.6. The fourth-order valence-corrected chi connectivity index (χ4v) is 4.09. The molecule has 2 heterocycles. The van der Waals surface area contributed by atoms with Gasteiger partial charge in [-0.1, -0.05) is 51.1 Å². The van der Waals surface area contributed by atoms with Crippen LogP contribution in [-0.4, -0.2) is 34.9 Å². The van der Waals surface area contributed by atoms with E-state index in [2.05, 4.69) is 37.9 Å². The zero-order valence-corrected chi connectivity index (χ0v) is 17.1. The molecule has 0 radical (unpaired) electrons. The molecule has 1 aliphatic heterocycles. The average Bonchev–Trinajstić information content (AvgIpc) is 3.13. The maximum Gasteiger partial charge on any atom is 0.265 e. The minimum Gasteiger partial charge on any atom is -0.336 e. The standard InChI is InChI=1S/C18H23N3OS.2ClH/c1-18(2,3)16-15(23-11-20-16)17(22)21-9-13(14(19)10-21)12-7-5-4-6-8-12;;/h4-8,11,13-14H,9-10,19H2,1-3H3;2*1H/t13-,14+;;/m0../s1. The smallest absolute Gasteiger partial charge is 0.265 e. The second kappa shape index (κ2) is 8.49. The number of nitrogens with two attached hydrogens (primary N) is 1. The van der Waals surface area contributed by atoms with Crippen molar-refractivity contribution in [2.24, 2.45) is 5.73 Å². The van der Waals surface area contributed by atoms with Crippen molar-refractivity contribution in [2.75, 3.05) is 13.1 Å². The number of benzene rings is 1. The number of nitrogens with zero attached hydrogens (tertiary/aromatic N) is 2. The molecule has 0 bridgehead atoms. The van der Waals surface area contributed by atoms with Gasteiger partial charge in [0.2, 0.25) is 0 Å². The molecule has 2 N–H and O–H groups in total. The van der Waals surface area contributed by atoms with Crippen LogP contribution in [0.4, 0.5) is 0 Å². The van der Waals surface area contributed by atoms with E-state index in [1.807, 2.05) is 23.1 Å². The molecule has 1 fully saturated rings. The number of carbonyl (C=O) groups is 1. The number of likely N-dealkylation sites (tertiary alicyclic amines) is 1. The first kappa shape index (κ1) is 21.9. The molecule has 25 heavy (non-hydrogen) atoms. The van der Waals surface area contributed by atoms with Crippen LogP contribution in [0.1, 0.15) is 47.6 Å². The van der Waals surface area contributed by atoms with E-state index in [0.717, 1.165) is 10.6 Å². The van der Waals surface area contributed by atoms with E-state index in [1.165, 1.54) is 16.9 Å². The van der Waals surface area contributed by atoms with Gasteiger partial charge in [-0.2, -0.15) is 0 Å². The van der Waals surface area contributed by atoms with Gasteiger partial charge in [-0.3, -0.25) is 4.79 Å². The van der Waals surface area contributed by atoms with Gasteiger partial charge in [0.25, 0.3) is 5.91 Å². The number of carbonyl (C=O) groups excluding carboxylic acids is 1. The summed E-state index contributed by atoms with van der Waals surface area (Å²) in [6.45, 7) is 7.52. The molecule has 0 saturated carbocycles. The molecule has 1 aliphatic rings. The Morgan fingerprint density at radius 1 is 1.20 bits per heavy atom. The predicted molar refractivity (Wildman–Crippen MR) is 108 cm³/mol. The molecule has 1 amide bonds. The molecule has 3 rings (SSSR count). The van der Waals surface area contributed by atoms with Gasteiger partial charge in [-0.15, -0.1) is 36.2 Å². The van der Waals surface area contributed by atoms with Crippen LogP contribution in [0.25, 0.3) is 0 Å². The number of thiazole rings is 1. The number of halogens is 2. The SMILES string of the molecule is CC(C)(C)c1ncsc1C(=O)N1C[C@@H](N)[C@H](c2ccccc2)C1.Cl.Cl. The third-order valence-electron chi connectivity index (χ3n) is 4.35. The summed E-state index contributed by atoms with van der Waals surface area (Å²) in [4.78, 5) is 20.0. The summed E-state index contributed by atoms with van der Waals surface area (Å²) < 4.78 is 0. The topological polar surface area (TPSA) is 59.2 Å². The molecule has 0 spiro atoms. The Morgan fingerprint density at radius 2 is 1.84 bits per heavy atom. The lowest BCUT2D eigenvalue weighted by Crippen LogP contribution is -2.33. The highest BCUT2D eigenvalue weighted by molar-refractivity contribution is 7.11. The minimum absolute atomic E-state index is 0. The molecule has 0 aliphatic carbocycles. The van der Waals surface area contributed by atoms with Crippen LogP contribution in [0, 0.1) is 0 Å². The third kappa shape index (κ3) is 4.53. The first-order valence-corrected chi connectivity index (χ1v) is 8.79. The van der Waals surface area contributed by atoms with Crippen LogP contribution < -0.4 is 5.73 Å². The van der Waals surface area contributed by atoms with E-state index >= 15 is 0 Å². The van der Waals surface area contributed by atoms with Gasteiger partial charge >= 0.3 is 0 Å². The van der Waals surface area contributed by atoms with E-state index in [0.29, 0.717) is 13.1 Å². The van der Waals surface area contributed by atoms with Crippen LogP contribution in [0.15, 0.2) is 35.8 Å². The van der Waals surface area contributed by atoms with Gasteiger partial charge in [0.05, 0.1) is 11.2 Å². The molecule has 7 heteroatoms. The molecule has 1 aromatic heterocycles. The van der Waals surface area contributed by atoms with Crippen molar-refractivity contribution in [2.45, 2.75) is 38.1 Å². The Hall–Kier alpha value is -1.14. The second-order valence-corrected chi connectivity index (χ2v) is 8.03. The molecular weight excluding hydrogens is 377 g/mol. The fourth-order valence-electron chi connectivity index (χ4n) is 3.12. The summed E-state index contributed by atoms with van der Waals surface area (Å²) in [5, 5.41) is 0. The lowest BCUT2D eigenvalue weighted by molar-refractivity contribution is 0.0791. The lowest BCUT2D eigenvalue weighted by atomic mass is 9.91. The molecule has 138 valence electrons. The van der Waals surface area contributed by atoms with Gasteiger partial charge in [-0.05, 0) is 5.56 Å². The molecule has 0 unspecified atom stereocenters. The van der Waals surface area contributed by atoms with E-state index in [4.69, 9.17) is 5.73 Å². The van der Waals surface area contributed by atoms with Crippen LogP contribution in [0.5, 0.6) is 0 Å². The predicted octanol–water partition coefficient (Wildman–Crippen LogP) is 3.85. The molecular formula is C18H25Cl2N3OS. The van der Waals surface area contributed by atoms with Crippen LogP contribution in [0.3, 0.4) is 0 Å². The zero-order chi connectivity index (χ0) is 16.6. The summed E-state index contributed by atoms with van der Waals surface area (Å²) in [5.41, 5.74) is 10.0. The molecule has 1 saturated heterocycles. The first-order valence-electron chi connectivity index (χ1n) is 7.91. The number of amides is 1. The van der Waals surface area contributed by atoms with Gasteiger partial charge in [0, 0.05) is 30.5 Å². The van der Waals surface area contributed by atoms with Crippen LogP contribution >= 0.6 is 36.2 Å². The van der Waals surface area contributed by atoms with Gasteiger partial charge in [0.15, 0.2) is 0 Å². The summed E-state index contributed by atoms with van der Waals surface area (Å²) in [6.07, 6.45) is 0. The molecule has 2 atom stereocenters. The largest absolute Gasteiger partial charge is 0.336 e. The number of rotatable bonds is 2. The number of hydrogen-bond donors (Lipinski definition) is 1. The van der Waals surface area contributed by atoms with Crippen molar-refractivity contribution < 1.29 is 4.79 Å². The van der Waals surface area contributed by atoms with Crippen molar-refractivity contribution in [3.63, 3.8) is 0 Å². The summed E-state index contributed by atoms with van der Waals surface area (Å²) in [5.74, 6) is 0.262. The Balaban J connectivity index is 0.00000156. The summed E-state index contributed by atoms with van der Waals surface area (Å²) in [6, 6.07) is 10.2. The Kier molecular flexibility index (Phi) is 7.44. The summed E-state index contributed by atoms with van der Waals surface area (Å²) in [7, 11) is 0. The maximum absolute atomic E-state index is 12.9. The molecule has 1 aromatic carbocycles. The van der Waals surface area contributed by atoms with E-state index < -0.39 is 0 Å². The summed E-state index contributed by atoms with van der Waals surface area (Å²) >= 11 is 1.43. The van der Waals surface area contributed by atoms with Gasteiger partial charge < -0.3 is 10.6 Å². The van der Waals surface area contributed by atoms with Crippen molar-refractivity contribution in [3.05, 3.63) is 52.0 Å².